The van der Waals surface area contributed by atoms with Crippen molar-refractivity contribution in [3.05, 3.63) is 68.1 Å². The van der Waals surface area contributed by atoms with Gasteiger partial charge in [0.15, 0.2) is 5.78 Å². The molecule has 0 atom stereocenters. The molecule has 19 heavy (non-hydrogen) atoms. The van der Waals surface area contributed by atoms with Gasteiger partial charge in [0.25, 0.3) is 0 Å². The van der Waals surface area contributed by atoms with Crippen LogP contribution in [0, 0.1) is 0 Å². The number of hydrogen-bond acceptors (Lipinski definition) is 1. The largest absolute Gasteiger partial charge is 0.294 e. The van der Waals surface area contributed by atoms with Crippen LogP contribution in [-0.2, 0) is 6.42 Å². The van der Waals surface area contributed by atoms with E-state index in [4.69, 9.17) is 23.2 Å². The lowest BCUT2D eigenvalue weighted by atomic mass is 10.0. The van der Waals surface area contributed by atoms with E-state index >= 15 is 0 Å². The molecule has 0 spiro atoms. The SMILES string of the molecule is O=C(CCc1ccc(Cl)cc1)c1cc(Cl)cc(Br)c1. The summed E-state index contributed by atoms with van der Waals surface area (Å²) in [5.74, 6) is 0.0816. The van der Waals surface area contributed by atoms with E-state index in [0.717, 1.165) is 10.0 Å². The van der Waals surface area contributed by atoms with E-state index in [2.05, 4.69) is 15.9 Å². The Hall–Kier alpha value is -0.830. The first-order chi connectivity index (χ1) is 9.04. The molecule has 0 aromatic heterocycles. The minimum Gasteiger partial charge on any atom is -0.294 e. The zero-order valence-corrected chi connectivity index (χ0v) is 13.1. The van der Waals surface area contributed by atoms with Crippen LogP contribution in [0.2, 0.25) is 10.0 Å². The maximum absolute atomic E-state index is 12.1. The lowest BCUT2D eigenvalue weighted by molar-refractivity contribution is 0.0983. The highest BCUT2D eigenvalue weighted by Gasteiger charge is 2.08. The lowest BCUT2D eigenvalue weighted by Gasteiger charge is -2.04. The summed E-state index contributed by atoms with van der Waals surface area (Å²) in [6, 6.07) is 12.8. The van der Waals surface area contributed by atoms with E-state index in [-0.39, 0.29) is 5.78 Å². The Morgan fingerprint density at radius 2 is 1.68 bits per heavy atom. The lowest BCUT2D eigenvalue weighted by Crippen LogP contribution is -2.01. The Morgan fingerprint density at radius 3 is 2.32 bits per heavy atom. The summed E-state index contributed by atoms with van der Waals surface area (Å²) in [6.45, 7) is 0. The summed E-state index contributed by atoms with van der Waals surface area (Å²) >= 11 is 15.1. The first-order valence-electron chi connectivity index (χ1n) is 5.78. The van der Waals surface area contributed by atoms with Crippen molar-refractivity contribution in [2.45, 2.75) is 12.8 Å². The average molecular weight is 358 g/mol. The predicted molar refractivity (Wildman–Crippen MR) is 83.3 cm³/mol. The second-order valence-corrected chi connectivity index (χ2v) is 6.00. The van der Waals surface area contributed by atoms with Crippen LogP contribution < -0.4 is 0 Å². The van der Waals surface area contributed by atoms with Gasteiger partial charge in [-0.05, 0) is 42.3 Å². The summed E-state index contributed by atoms with van der Waals surface area (Å²) in [4.78, 5) is 12.1. The summed E-state index contributed by atoms with van der Waals surface area (Å²) in [5, 5.41) is 1.26. The highest BCUT2D eigenvalue weighted by molar-refractivity contribution is 9.10. The topological polar surface area (TPSA) is 17.1 Å². The van der Waals surface area contributed by atoms with Crippen molar-refractivity contribution >= 4 is 44.9 Å². The van der Waals surface area contributed by atoms with Crippen molar-refractivity contribution in [2.75, 3.05) is 0 Å². The Labute approximate surface area is 130 Å². The number of ketones is 1. The van der Waals surface area contributed by atoms with Gasteiger partial charge in [-0.25, -0.2) is 0 Å². The number of carbonyl (C=O) groups excluding carboxylic acids is 1. The number of aryl methyl sites for hydroxylation is 1. The van der Waals surface area contributed by atoms with Gasteiger partial charge in [0, 0.05) is 26.5 Å². The molecule has 2 aromatic rings. The molecule has 0 fully saturated rings. The molecule has 1 nitrogen and oxygen atoms in total. The zero-order chi connectivity index (χ0) is 13.8. The van der Waals surface area contributed by atoms with E-state index in [1.54, 1.807) is 18.2 Å². The van der Waals surface area contributed by atoms with Crippen molar-refractivity contribution < 1.29 is 4.79 Å². The summed E-state index contributed by atoms with van der Waals surface area (Å²) in [5.41, 5.74) is 1.73. The molecule has 4 heteroatoms. The highest BCUT2D eigenvalue weighted by atomic mass is 79.9. The Bertz CT molecular complexity index is 573. The Morgan fingerprint density at radius 1 is 1.00 bits per heavy atom. The van der Waals surface area contributed by atoms with Gasteiger partial charge < -0.3 is 0 Å². The third-order valence-electron chi connectivity index (χ3n) is 2.74. The molecule has 0 saturated heterocycles. The van der Waals surface area contributed by atoms with Gasteiger partial charge in [-0.2, -0.15) is 0 Å². The summed E-state index contributed by atoms with van der Waals surface area (Å²) in [7, 11) is 0. The molecular weight excluding hydrogens is 347 g/mol. The number of carbonyl (C=O) groups is 1. The molecule has 0 aliphatic rings. The van der Waals surface area contributed by atoms with E-state index in [1.807, 2.05) is 24.3 Å². The normalized spacial score (nSPS) is 10.5. The molecule has 0 radical (unpaired) electrons. The van der Waals surface area contributed by atoms with Crippen molar-refractivity contribution in [1.29, 1.82) is 0 Å². The van der Waals surface area contributed by atoms with E-state index < -0.39 is 0 Å². The number of benzene rings is 2. The molecule has 2 rings (SSSR count). The average Bonchev–Trinajstić information content (AvgIpc) is 2.36. The zero-order valence-electron chi connectivity index (χ0n) is 10.00. The molecule has 0 bridgehead atoms. The minimum absolute atomic E-state index is 0.0816. The monoisotopic (exact) mass is 356 g/mol. The van der Waals surface area contributed by atoms with E-state index in [1.165, 1.54) is 0 Å². The number of rotatable bonds is 4. The Balaban J connectivity index is 2.03. The molecule has 2 aromatic carbocycles. The van der Waals surface area contributed by atoms with Crippen molar-refractivity contribution in [1.82, 2.24) is 0 Å². The van der Waals surface area contributed by atoms with E-state index in [0.29, 0.717) is 28.5 Å². The molecule has 0 aliphatic carbocycles. The quantitative estimate of drug-likeness (QED) is 0.653. The first kappa shape index (κ1) is 14.6. The van der Waals surface area contributed by atoms with Gasteiger partial charge in [-0.15, -0.1) is 0 Å². The van der Waals surface area contributed by atoms with Crippen LogP contribution >= 0.6 is 39.1 Å². The van der Waals surface area contributed by atoms with Gasteiger partial charge in [0.2, 0.25) is 0 Å². The van der Waals surface area contributed by atoms with Gasteiger partial charge in [-0.3, -0.25) is 4.79 Å². The number of halogens is 3. The fraction of sp³-hybridized carbons (Fsp3) is 0.133. The van der Waals surface area contributed by atoms with Crippen LogP contribution in [0.4, 0.5) is 0 Å². The van der Waals surface area contributed by atoms with E-state index in [9.17, 15) is 4.79 Å². The fourth-order valence-corrected chi connectivity index (χ4v) is 2.75. The minimum atomic E-state index is 0.0816. The summed E-state index contributed by atoms with van der Waals surface area (Å²) < 4.78 is 0.815. The van der Waals surface area contributed by atoms with Gasteiger partial charge in [-0.1, -0.05) is 51.3 Å². The third-order valence-corrected chi connectivity index (χ3v) is 3.67. The van der Waals surface area contributed by atoms with Crippen LogP contribution in [0.1, 0.15) is 22.3 Å². The van der Waals surface area contributed by atoms with Gasteiger partial charge in [0.05, 0.1) is 0 Å². The molecule has 0 saturated carbocycles. The predicted octanol–water partition coefficient (Wildman–Crippen LogP) is 5.57. The van der Waals surface area contributed by atoms with Crippen LogP contribution in [-0.4, -0.2) is 5.78 Å². The van der Waals surface area contributed by atoms with Crippen molar-refractivity contribution in [3.63, 3.8) is 0 Å². The third kappa shape index (κ3) is 4.34. The van der Waals surface area contributed by atoms with Crippen LogP contribution in [0.25, 0.3) is 0 Å². The maximum Gasteiger partial charge on any atom is 0.163 e. The molecular formula is C15H11BrCl2O. The molecule has 0 unspecified atom stereocenters. The van der Waals surface area contributed by atoms with Gasteiger partial charge in [0.1, 0.15) is 0 Å². The summed E-state index contributed by atoms with van der Waals surface area (Å²) in [6.07, 6.45) is 1.15. The Kier molecular flexibility index (Phi) is 5.03. The molecule has 0 heterocycles. The molecule has 0 amide bonds. The number of hydrogen-bond donors (Lipinski definition) is 0. The maximum atomic E-state index is 12.1. The van der Waals surface area contributed by atoms with Crippen LogP contribution in [0.3, 0.4) is 0 Å². The molecule has 0 N–H and O–H groups in total. The van der Waals surface area contributed by atoms with Crippen molar-refractivity contribution in [3.8, 4) is 0 Å². The second-order valence-electron chi connectivity index (χ2n) is 4.21. The molecule has 98 valence electrons. The van der Waals surface area contributed by atoms with Crippen LogP contribution in [0.5, 0.6) is 0 Å². The fourth-order valence-electron chi connectivity index (χ4n) is 1.77. The smallest absolute Gasteiger partial charge is 0.163 e. The molecule has 0 aliphatic heterocycles. The first-order valence-corrected chi connectivity index (χ1v) is 7.33. The van der Waals surface area contributed by atoms with Gasteiger partial charge >= 0.3 is 0 Å². The standard InChI is InChI=1S/C15H11BrCl2O/c16-12-7-11(8-14(18)9-12)15(19)6-3-10-1-4-13(17)5-2-10/h1-2,4-5,7-9H,3,6H2. The second kappa shape index (κ2) is 6.56. The number of Topliss-reactive ketones (excluding diaryl/α,β-unsaturated/α-hetero) is 1. The van der Waals surface area contributed by atoms with Crippen molar-refractivity contribution in [2.24, 2.45) is 0 Å². The highest BCUT2D eigenvalue weighted by Crippen LogP contribution is 2.21. The van der Waals surface area contributed by atoms with Crippen LogP contribution in [0.15, 0.2) is 46.9 Å².